The standard InChI is InChI=1S/C21H35ClO/c1-19-10-4-3-5-15(19)6-7-16-17(19)8-11-20(2)18(16)9-12-21(20,23)13-14-22/h15-18,23H,3-14H2,1-2H3/t15?,16-,17+,18+,19+,20+,21-/m1/s1. The van der Waals surface area contributed by atoms with E-state index in [1.165, 1.54) is 57.8 Å². The van der Waals surface area contributed by atoms with E-state index in [0.29, 0.717) is 11.3 Å². The summed E-state index contributed by atoms with van der Waals surface area (Å²) in [5.41, 5.74) is 0.241. The van der Waals surface area contributed by atoms with Gasteiger partial charge in [0.1, 0.15) is 0 Å². The molecule has 0 aromatic carbocycles. The van der Waals surface area contributed by atoms with Gasteiger partial charge in [0.2, 0.25) is 0 Å². The van der Waals surface area contributed by atoms with Gasteiger partial charge in [0.15, 0.2) is 0 Å². The predicted molar refractivity (Wildman–Crippen MR) is 96.6 cm³/mol. The van der Waals surface area contributed by atoms with Crippen LogP contribution in [0.4, 0.5) is 0 Å². The third-order valence-electron chi connectivity index (χ3n) is 9.41. The average Bonchev–Trinajstić information content (AvgIpc) is 2.79. The molecule has 1 unspecified atom stereocenters. The van der Waals surface area contributed by atoms with Crippen LogP contribution in [0.2, 0.25) is 0 Å². The molecule has 0 bridgehead atoms. The minimum atomic E-state index is -0.491. The van der Waals surface area contributed by atoms with Crippen LogP contribution in [0, 0.1) is 34.5 Å². The molecule has 4 aliphatic carbocycles. The maximum Gasteiger partial charge on any atom is 0.0715 e. The van der Waals surface area contributed by atoms with E-state index in [9.17, 15) is 5.11 Å². The van der Waals surface area contributed by atoms with E-state index in [2.05, 4.69) is 13.8 Å². The Balaban J connectivity index is 1.63. The lowest BCUT2D eigenvalue weighted by molar-refractivity contribution is -0.151. The molecule has 0 amide bonds. The first kappa shape index (κ1) is 16.7. The van der Waals surface area contributed by atoms with Crippen molar-refractivity contribution in [3.63, 3.8) is 0 Å². The fraction of sp³-hybridized carbons (Fsp3) is 1.00. The fourth-order valence-electron chi connectivity index (χ4n) is 7.97. The molecule has 1 N–H and O–H groups in total. The smallest absolute Gasteiger partial charge is 0.0715 e. The summed E-state index contributed by atoms with van der Waals surface area (Å²) in [6, 6.07) is 0. The van der Waals surface area contributed by atoms with Crippen LogP contribution in [0.15, 0.2) is 0 Å². The number of halogens is 1. The number of alkyl halides is 1. The van der Waals surface area contributed by atoms with E-state index in [0.717, 1.165) is 36.5 Å². The SMILES string of the molecule is C[C@]12CCCCC1CC[C@@H]1[C@@H]2CC[C@@]2(C)[C@H]1CC[C@@]2(O)CCCl. The second-order valence-corrected chi connectivity index (χ2v) is 10.2. The topological polar surface area (TPSA) is 20.2 Å². The minimum Gasteiger partial charge on any atom is -0.389 e. The van der Waals surface area contributed by atoms with E-state index >= 15 is 0 Å². The van der Waals surface area contributed by atoms with Crippen LogP contribution in [0.25, 0.3) is 0 Å². The van der Waals surface area contributed by atoms with Crippen molar-refractivity contribution in [3.8, 4) is 0 Å². The van der Waals surface area contributed by atoms with Gasteiger partial charge in [0.25, 0.3) is 0 Å². The molecule has 0 aromatic rings. The summed E-state index contributed by atoms with van der Waals surface area (Å²) in [7, 11) is 0. The van der Waals surface area contributed by atoms with Crippen LogP contribution >= 0.6 is 11.6 Å². The van der Waals surface area contributed by atoms with Gasteiger partial charge in [-0.2, -0.15) is 0 Å². The Bertz CT molecular complexity index is 465. The molecule has 23 heavy (non-hydrogen) atoms. The number of rotatable bonds is 2. The van der Waals surface area contributed by atoms with Gasteiger partial charge in [-0.3, -0.25) is 0 Å². The highest BCUT2D eigenvalue weighted by Gasteiger charge is 2.63. The number of hydrogen-bond donors (Lipinski definition) is 1. The highest BCUT2D eigenvalue weighted by Crippen LogP contribution is 2.68. The van der Waals surface area contributed by atoms with Gasteiger partial charge >= 0.3 is 0 Å². The predicted octanol–water partition coefficient (Wildman–Crippen LogP) is 5.78. The molecule has 0 heterocycles. The van der Waals surface area contributed by atoms with Crippen molar-refractivity contribution in [2.24, 2.45) is 34.5 Å². The van der Waals surface area contributed by atoms with Crippen molar-refractivity contribution in [3.05, 3.63) is 0 Å². The van der Waals surface area contributed by atoms with E-state index < -0.39 is 5.60 Å². The molecular formula is C21H35ClO. The highest BCUT2D eigenvalue weighted by molar-refractivity contribution is 6.17. The van der Waals surface area contributed by atoms with Crippen LogP contribution < -0.4 is 0 Å². The van der Waals surface area contributed by atoms with Crippen LogP contribution in [0.3, 0.4) is 0 Å². The Hall–Kier alpha value is 0.250. The average molecular weight is 339 g/mol. The van der Waals surface area contributed by atoms with Gasteiger partial charge in [-0.1, -0.05) is 26.7 Å². The molecule has 4 aliphatic rings. The first-order chi connectivity index (χ1) is 10.9. The zero-order valence-electron chi connectivity index (χ0n) is 15.1. The number of hydrogen-bond acceptors (Lipinski definition) is 1. The summed E-state index contributed by atoms with van der Waals surface area (Å²) in [5.74, 6) is 4.14. The summed E-state index contributed by atoms with van der Waals surface area (Å²) in [6.07, 6.45) is 14.4. The summed E-state index contributed by atoms with van der Waals surface area (Å²) < 4.78 is 0. The van der Waals surface area contributed by atoms with Gasteiger partial charge in [-0.25, -0.2) is 0 Å². The van der Waals surface area contributed by atoms with E-state index in [4.69, 9.17) is 11.6 Å². The monoisotopic (exact) mass is 338 g/mol. The second-order valence-electron chi connectivity index (χ2n) is 9.87. The van der Waals surface area contributed by atoms with E-state index in [1.54, 1.807) is 0 Å². The Kier molecular flexibility index (Phi) is 4.09. The van der Waals surface area contributed by atoms with Crippen molar-refractivity contribution >= 4 is 11.6 Å². The van der Waals surface area contributed by atoms with Crippen molar-refractivity contribution < 1.29 is 5.11 Å². The van der Waals surface area contributed by atoms with E-state index in [-0.39, 0.29) is 5.41 Å². The summed E-state index contributed by atoms with van der Waals surface area (Å²) >= 11 is 6.06. The zero-order valence-corrected chi connectivity index (χ0v) is 15.9. The quantitative estimate of drug-likeness (QED) is 0.633. The molecule has 0 spiro atoms. The molecule has 0 radical (unpaired) electrons. The maximum atomic E-state index is 11.3. The van der Waals surface area contributed by atoms with Gasteiger partial charge in [0.05, 0.1) is 5.60 Å². The minimum absolute atomic E-state index is 0.126. The third-order valence-corrected chi connectivity index (χ3v) is 9.60. The Morgan fingerprint density at radius 2 is 1.70 bits per heavy atom. The van der Waals surface area contributed by atoms with Crippen molar-refractivity contribution in [1.82, 2.24) is 0 Å². The van der Waals surface area contributed by atoms with Crippen LogP contribution in [-0.4, -0.2) is 16.6 Å². The van der Waals surface area contributed by atoms with Crippen molar-refractivity contribution in [1.29, 1.82) is 0 Å². The number of aliphatic hydroxyl groups is 1. The molecule has 0 saturated heterocycles. The molecule has 0 aromatic heterocycles. The molecule has 4 fully saturated rings. The molecule has 4 saturated carbocycles. The summed E-state index contributed by atoms with van der Waals surface area (Å²) in [5, 5.41) is 11.3. The molecule has 7 atom stereocenters. The molecule has 0 aliphatic heterocycles. The lowest BCUT2D eigenvalue weighted by Gasteiger charge is -2.61. The van der Waals surface area contributed by atoms with Crippen molar-refractivity contribution in [2.75, 3.05) is 5.88 Å². The highest BCUT2D eigenvalue weighted by atomic mass is 35.5. The fourth-order valence-corrected chi connectivity index (χ4v) is 8.28. The normalized spacial score (nSPS) is 55.8. The van der Waals surface area contributed by atoms with Crippen molar-refractivity contribution in [2.45, 2.75) is 90.1 Å². The zero-order chi connectivity index (χ0) is 16.3. The Morgan fingerprint density at radius 3 is 2.48 bits per heavy atom. The van der Waals surface area contributed by atoms with E-state index in [1.807, 2.05) is 0 Å². The molecule has 132 valence electrons. The second kappa shape index (κ2) is 5.63. The summed E-state index contributed by atoms with van der Waals surface area (Å²) in [6.45, 7) is 5.04. The lowest BCUT2D eigenvalue weighted by atomic mass is 9.44. The summed E-state index contributed by atoms with van der Waals surface area (Å²) in [4.78, 5) is 0. The maximum absolute atomic E-state index is 11.3. The van der Waals surface area contributed by atoms with Gasteiger partial charge in [-0.15, -0.1) is 11.6 Å². The van der Waals surface area contributed by atoms with Gasteiger partial charge in [0, 0.05) is 5.88 Å². The van der Waals surface area contributed by atoms with Crippen LogP contribution in [0.1, 0.15) is 84.5 Å². The first-order valence-corrected chi connectivity index (χ1v) is 10.8. The molecule has 2 heteroatoms. The van der Waals surface area contributed by atoms with Gasteiger partial charge in [-0.05, 0) is 92.3 Å². The molecule has 1 nitrogen and oxygen atoms in total. The van der Waals surface area contributed by atoms with Crippen LogP contribution in [0.5, 0.6) is 0 Å². The molecule has 4 rings (SSSR count). The largest absolute Gasteiger partial charge is 0.389 e. The molecular weight excluding hydrogens is 304 g/mol. The lowest BCUT2D eigenvalue weighted by Crippen LogP contribution is -2.56. The first-order valence-electron chi connectivity index (χ1n) is 10.2. The third kappa shape index (κ3) is 2.21. The number of fused-ring (bicyclic) bond motifs is 5. The Morgan fingerprint density at radius 1 is 0.913 bits per heavy atom. The Labute approximate surface area is 147 Å². The van der Waals surface area contributed by atoms with Crippen LogP contribution in [-0.2, 0) is 0 Å². The van der Waals surface area contributed by atoms with Gasteiger partial charge < -0.3 is 5.11 Å².